The number of amides is 1. The van der Waals surface area contributed by atoms with Gasteiger partial charge in [0, 0.05) is 12.5 Å². The van der Waals surface area contributed by atoms with Gasteiger partial charge < -0.3 is 14.8 Å². The van der Waals surface area contributed by atoms with Gasteiger partial charge in [-0.25, -0.2) is 0 Å². The van der Waals surface area contributed by atoms with E-state index >= 15 is 0 Å². The van der Waals surface area contributed by atoms with Gasteiger partial charge in [-0.3, -0.25) is 9.69 Å². The molecule has 5 nitrogen and oxygen atoms in total. The lowest BCUT2D eigenvalue weighted by Crippen LogP contribution is -2.36. The molecule has 2 fully saturated rings. The summed E-state index contributed by atoms with van der Waals surface area (Å²) in [4.78, 5) is 15.4. The van der Waals surface area contributed by atoms with Crippen molar-refractivity contribution < 1.29 is 14.3 Å². The monoisotopic (exact) mass is 408 g/mol. The molecule has 1 aliphatic heterocycles. The minimum atomic E-state index is 0.120. The molecule has 0 bridgehead atoms. The van der Waals surface area contributed by atoms with Crippen LogP contribution in [0.5, 0.6) is 11.5 Å². The van der Waals surface area contributed by atoms with Gasteiger partial charge in [0.25, 0.3) is 0 Å². The first kappa shape index (κ1) is 20.7. The minimum Gasteiger partial charge on any atom is -0.496 e. The van der Waals surface area contributed by atoms with Gasteiger partial charge in [0.1, 0.15) is 11.5 Å². The maximum Gasteiger partial charge on any atom is 0.228 e. The van der Waals surface area contributed by atoms with Crippen LogP contribution in [0.1, 0.15) is 36.0 Å². The molecule has 1 saturated heterocycles. The van der Waals surface area contributed by atoms with Crippen LogP contribution in [0, 0.1) is 25.2 Å². The summed E-state index contributed by atoms with van der Waals surface area (Å²) < 4.78 is 10.8. The van der Waals surface area contributed by atoms with E-state index in [0.29, 0.717) is 5.75 Å². The van der Waals surface area contributed by atoms with Crippen LogP contribution in [-0.2, 0) is 11.3 Å². The van der Waals surface area contributed by atoms with E-state index in [9.17, 15) is 4.79 Å². The summed E-state index contributed by atoms with van der Waals surface area (Å²) in [5.41, 5.74) is 4.77. The molecule has 2 aromatic rings. The number of hydrogen-bond acceptors (Lipinski definition) is 4. The molecule has 4 rings (SSSR count). The van der Waals surface area contributed by atoms with Crippen LogP contribution in [0.3, 0.4) is 0 Å². The van der Waals surface area contributed by atoms with Gasteiger partial charge in [0.05, 0.1) is 19.9 Å². The Labute approximate surface area is 179 Å². The number of anilines is 1. The summed E-state index contributed by atoms with van der Waals surface area (Å²) in [5, 5.41) is 3.08. The number of aryl methyl sites for hydroxylation is 2. The van der Waals surface area contributed by atoms with Gasteiger partial charge >= 0.3 is 0 Å². The van der Waals surface area contributed by atoms with Crippen LogP contribution in [-0.4, -0.2) is 38.1 Å². The standard InChI is InChI=1S/C25H32N2O3/c1-17-14-23(30-4)18(2)13-19(17)16-27-11-9-25(10-12-27)15-20(25)24(28)26-21-7-5-6-8-22(21)29-3/h5-8,13-14,20H,9-12,15-16H2,1-4H3,(H,26,28). The summed E-state index contributed by atoms with van der Waals surface area (Å²) in [6, 6.07) is 12.0. The molecule has 1 unspecified atom stereocenters. The van der Waals surface area contributed by atoms with Crippen molar-refractivity contribution in [3.8, 4) is 11.5 Å². The van der Waals surface area contributed by atoms with E-state index in [2.05, 4.69) is 36.2 Å². The van der Waals surface area contributed by atoms with E-state index in [0.717, 1.165) is 50.3 Å². The highest BCUT2D eigenvalue weighted by Gasteiger charge is 2.58. The first-order valence-electron chi connectivity index (χ1n) is 10.8. The Morgan fingerprint density at radius 2 is 1.77 bits per heavy atom. The van der Waals surface area contributed by atoms with Crippen molar-refractivity contribution in [3.63, 3.8) is 0 Å². The molecule has 1 spiro atoms. The molecular formula is C25H32N2O3. The average molecular weight is 409 g/mol. The van der Waals surface area contributed by atoms with Gasteiger partial charge in [-0.15, -0.1) is 0 Å². The summed E-state index contributed by atoms with van der Waals surface area (Å²) in [6.45, 7) is 7.31. The predicted molar refractivity (Wildman–Crippen MR) is 119 cm³/mol. The van der Waals surface area contributed by atoms with E-state index in [4.69, 9.17) is 9.47 Å². The second kappa shape index (κ2) is 8.31. The van der Waals surface area contributed by atoms with E-state index in [-0.39, 0.29) is 17.2 Å². The van der Waals surface area contributed by atoms with Gasteiger partial charge in [-0.2, -0.15) is 0 Å². The first-order chi connectivity index (χ1) is 14.5. The summed E-state index contributed by atoms with van der Waals surface area (Å²) >= 11 is 0. The quantitative estimate of drug-likeness (QED) is 0.761. The third kappa shape index (κ3) is 4.04. The molecule has 1 N–H and O–H groups in total. The molecule has 1 saturated carbocycles. The van der Waals surface area contributed by atoms with Crippen molar-refractivity contribution in [1.29, 1.82) is 0 Å². The molecule has 2 aliphatic rings. The number of carbonyl (C=O) groups excluding carboxylic acids is 1. The number of methoxy groups -OCH3 is 2. The topological polar surface area (TPSA) is 50.8 Å². The van der Waals surface area contributed by atoms with Gasteiger partial charge in [-0.1, -0.05) is 18.2 Å². The number of nitrogens with zero attached hydrogens (tertiary/aromatic N) is 1. The Morgan fingerprint density at radius 3 is 2.47 bits per heavy atom. The fraction of sp³-hybridized carbons (Fsp3) is 0.480. The van der Waals surface area contributed by atoms with Crippen LogP contribution >= 0.6 is 0 Å². The Balaban J connectivity index is 1.33. The third-order valence-corrected chi connectivity index (χ3v) is 6.97. The van der Waals surface area contributed by atoms with Crippen LogP contribution in [0.15, 0.2) is 36.4 Å². The number of ether oxygens (including phenoxy) is 2. The smallest absolute Gasteiger partial charge is 0.228 e. The highest BCUT2D eigenvalue weighted by Crippen LogP contribution is 2.59. The fourth-order valence-electron chi connectivity index (χ4n) is 4.88. The minimum absolute atomic E-state index is 0.120. The predicted octanol–water partition coefficient (Wildman–Crippen LogP) is 4.56. The van der Waals surface area contributed by atoms with Crippen LogP contribution in [0.4, 0.5) is 5.69 Å². The molecular weight excluding hydrogens is 376 g/mol. The van der Waals surface area contributed by atoms with E-state index < -0.39 is 0 Å². The zero-order valence-corrected chi connectivity index (χ0v) is 18.5. The maximum atomic E-state index is 12.8. The Hall–Kier alpha value is -2.53. The lowest BCUT2D eigenvalue weighted by Gasteiger charge is -2.33. The number of nitrogens with one attached hydrogen (secondary N) is 1. The zero-order chi connectivity index (χ0) is 21.3. The van der Waals surface area contributed by atoms with Crippen molar-refractivity contribution in [2.24, 2.45) is 11.3 Å². The molecule has 0 radical (unpaired) electrons. The Morgan fingerprint density at radius 1 is 1.07 bits per heavy atom. The normalized spacial score (nSPS) is 20.1. The van der Waals surface area contributed by atoms with Crippen molar-refractivity contribution in [2.75, 3.05) is 32.6 Å². The van der Waals surface area contributed by atoms with Gasteiger partial charge in [0.2, 0.25) is 5.91 Å². The van der Waals surface area contributed by atoms with Gasteiger partial charge in [-0.05, 0) is 86.5 Å². The highest BCUT2D eigenvalue weighted by molar-refractivity contribution is 5.96. The second-order valence-corrected chi connectivity index (χ2v) is 8.83. The fourth-order valence-corrected chi connectivity index (χ4v) is 4.88. The van der Waals surface area contributed by atoms with Crippen molar-refractivity contribution in [1.82, 2.24) is 4.90 Å². The number of benzene rings is 2. The number of para-hydroxylation sites is 2. The summed E-state index contributed by atoms with van der Waals surface area (Å²) in [5.74, 6) is 1.92. The molecule has 1 atom stereocenters. The molecule has 30 heavy (non-hydrogen) atoms. The molecule has 160 valence electrons. The van der Waals surface area contributed by atoms with Crippen LogP contribution in [0.2, 0.25) is 0 Å². The molecule has 5 heteroatoms. The second-order valence-electron chi connectivity index (χ2n) is 8.83. The highest BCUT2D eigenvalue weighted by atomic mass is 16.5. The summed E-state index contributed by atoms with van der Waals surface area (Å²) in [7, 11) is 3.35. The molecule has 0 aromatic heterocycles. The molecule has 1 heterocycles. The van der Waals surface area contributed by atoms with Crippen molar-refractivity contribution >= 4 is 11.6 Å². The van der Waals surface area contributed by atoms with Crippen molar-refractivity contribution in [2.45, 2.75) is 39.7 Å². The Kier molecular flexibility index (Phi) is 5.74. The van der Waals surface area contributed by atoms with Crippen LogP contribution in [0.25, 0.3) is 0 Å². The van der Waals surface area contributed by atoms with E-state index in [1.54, 1.807) is 14.2 Å². The van der Waals surface area contributed by atoms with E-state index in [1.165, 1.54) is 16.7 Å². The zero-order valence-electron chi connectivity index (χ0n) is 18.5. The summed E-state index contributed by atoms with van der Waals surface area (Å²) in [6.07, 6.45) is 3.18. The number of likely N-dealkylation sites (tertiary alicyclic amines) is 1. The molecule has 2 aromatic carbocycles. The van der Waals surface area contributed by atoms with E-state index in [1.807, 2.05) is 24.3 Å². The first-order valence-corrected chi connectivity index (χ1v) is 10.8. The van der Waals surface area contributed by atoms with Crippen molar-refractivity contribution in [3.05, 3.63) is 53.1 Å². The number of rotatable bonds is 6. The third-order valence-electron chi connectivity index (χ3n) is 6.97. The largest absolute Gasteiger partial charge is 0.496 e. The van der Waals surface area contributed by atoms with Gasteiger partial charge in [0.15, 0.2) is 0 Å². The molecule has 1 amide bonds. The number of hydrogen-bond donors (Lipinski definition) is 1. The molecule has 1 aliphatic carbocycles. The van der Waals surface area contributed by atoms with Crippen LogP contribution < -0.4 is 14.8 Å². The lowest BCUT2D eigenvalue weighted by atomic mass is 9.90. The average Bonchev–Trinajstić information content (AvgIpc) is 3.46. The maximum absolute atomic E-state index is 12.8. The Bertz CT molecular complexity index is 932. The number of piperidine rings is 1. The SMILES string of the molecule is COc1cc(C)c(CN2CCC3(CC2)CC3C(=O)Nc2ccccc2OC)cc1C. The number of carbonyl (C=O) groups is 1. The lowest BCUT2D eigenvalue weighted by molar-refractivity contribution is -0.118.